The number of aliphatic carboxylic acids is 1. The van der Waals surface area contributed by atoms with E-state index >= 15 is 0 Å². The van der Waals surface area contributed by atoms with E-state index in [4.69, 9.17) is 37.9 Å². The lowest BCUT2D eigenvalue weighted by Gasteiger charge is -2.46. The summed E-state index contributed by atoms with van der Waals surface area (Å²) in [5, 5.41) is 10.8. The van der Waals surface area contributed by atoms with E-state index in [1.165, 1.54) is 0 Å². The topological polar surface area (TPSA) is 95.3 Å². The minimum Gasteiger partial charge on any atom is -0.493 e. The monoisotopic (exact) mass is 648 g/mol. The molecule has 2 aliphatic heterocycles. The number of benzene rings is 2. The fraction of sp³-hybridized carbons (Fsp3) is 0.429. The van der Waals surface area contributed by atoms with Gasteiger partial charge in [-0.15, -0.1) is 0 Å². The molecule has 1 aliphatic carbocycles. The number of amides is 2. The molecule has 2 aromatic carbocycles. The lowest BCUT2D eigenvalue weighted by Crippen LogP contribution is -2.58. The van der Waals surface area contributed by atoms with Gasteiger partial charge in [-0.3, -0.25) is 19.7 Å². The van der Waals surface area contributed by atoms with Crippen molar-refractivity contribution < 1.29 is 19.4 Å². The highest BCUT2D eigenvalue weighted by atomic mass is 35.5. The molecule has 1 saturated heterocycles. The lowest BCUT2D eigenvalue weighted by atomic mass is 9.71. The average molecular weight is 650 g/mol. The number of amidine groups is 1. The summed E-state index contributed by atoms with van der Waals surface area (Å²) >= 11 is 12.7. The third kappa shape index (κ3) is 5.06. The molecule has 3 heterocycles. The van der Waals surface area contributed by atoms with Crippen LogP contribution in [0.5, 0.6) is 5.75 Å². The largest absolute Gasteiger partial charge is 0.493 e. The number of hydrogen-bond acceptors (Lipinski definition) is 5. The van der Waals surface area contributed by atoms with Crippen molar-refractivity contribution in [3.63, 3.8) is 0 Å². The fourth-order valence-electron chi connectivity index (χ4n) is 7.05. The van der Waals surface area contributed by atoms with E-state index in [0.717, 1.165) is 16.8 Å². The van der Waals surface area contributed by atoms with Crippen molar-refractivity contribution in [3.05, 3.63) is 93.2 Å². The van der Waals surface area contributed by atoms with E-state index < -0.39 is 23.0 Å². The molecule has 45 heavy (non-hydrogen) atoms. The first-order valence-corrected chi connectivity index (χ1v) is 16.0. The summed E-state index contributed by atoms with van der Waals surface area (Å²) in [5.41, 5.74) is 0.878. The standard InChI is InChI=1S/C35H38Cl2N4O4/c1-7-45-27-16-28(33(2,3)4)38-17-24(27)30-39-34(5,20-8-12-22(36)13-9-20)35(6,21-10-14-23(37)15-11-21)41(30)32(44)40-18-25-26(19-40)29(25)31(42)43/h8-17,25-26,29H,7,18-19H2,1-6H3,(H,42,43)/t25-,26?,29?,34-,35+/m0/s1. The van der Waals surface area contributed by atoms with Gasteiger partial charge < -0.3 is 14.7 Å². The summed E-state index contributed by atoms with van der Waals surface area (Å²) in [6.07, 6.45) is 1.75. The number of rotatable bonds is 6. The van der Waals surface area contributed by atoms with Crippen LogP contribution in [-0.4, -0.2) is 57.4 Å². The molecule has 5 atom stereocenters. The van der Waals surface area contributed by atoms with Crippen molar-refractivity contribution in [1.29, 1.82) is 0 Å². The fourth-order valence-corrected chi connectivity index (χ4v) is 7.30. The van der Waals surface area contributed by atoms with Gasteiger partial charge in [0.2, 0.25) is 0 Å². The number of ether oxygens (including phenoxy) is 1. The van der Waals surface area contributed by atoms with E-state index in [-0.39, 0.29) is 23.3 Å². The molecule has 10 heteroatoms. The second-order valence-corrected chi connectivity index (χ2v) is 14.4. The van der Waals surface area contributed by atoms with E-state index in [9.17, 15) is 14.7 Å². The lowest BCUT2D eigenvalue weighted by molar-refractivity contribution is -0.139. The summed E-state index contributed by atoms with van der Waals surface area (Å²) in [6, 6.07) is 16.7. The maximum absolute atomic E-state index is 14.9. The van der Waals surface area contributed by atoms with Crippen molar-refractivity contribution in [2.45, 2.75) is 58.0 Å². The Morgan fingerprint density at radius 2 is 1.53 bits per heavy atom. The Balaban J connectivity index is 1.57. The minimum absolute atomic E-state index is 0.0504. The van der Waals surface area contributed by atoms with Gasteiger partial charge >= 0.3 is 12.0 Å². The molecule has 1 saturated carbocycles. The number of nitrogens with zero attached hydrogens (tertiary/aromatic N) is 4. The third-order valence-corrected chi connectivity index (χ3v) is 10.4. The molecule has 3 aliphatic rings. The summed E-state index contributed by atoms with van der Waals surface area (Å²) in [4.78, 5) is 40.5. The predicted molar refractivity (Wildman–Crippen MR) is 175 cm³/mol. The van der Waals surface area contributed by atoms with Gasteiger partial charge in [0.25, 0.3) is 0 Å². The maximum Gasteiger partial charge on any atom is 0.326 e. The molecule has 0 spiro atoms. The van der Waals surface area contributed by atoms with Crippen LogP contribution in [0.1, 0.15) is 63.9 Å². The van der Waals surface area contributed by atoms with Crippen molar-refractivity contribution in [1.82, 2.24) is 14.8 Å². The first-order valence-electron chi connectivity index (χ1n) is 15.3. The predicted octanol–water partition coefficient (Wildman–Crippen LogP) is 7.36. The smallest absolute Gasteiger partial charge is 0.326 e. The molecular formula is C35H38Cl2N4O4. The van der Waals surface area contributed by atoms with Crippen molar-refractivity contribution >= 4 is 41.0 Å². The number of fused-ring (bicyclic) bond motifs is 1. The van der Waals surface area contributed by atoms with Crippen LogP contribution in [0.4, 0.5) is 4.79 Å². The highest BCUT2D eigenvalue weighted by Gasteiger charge is 2.64. The maximum atomic E-state index is 14.9. The van der Waals surface area contributed by atoms with Gasteiger partial charge in [-0.25, -0.2) is 4.79 Å². The Morgan fingerprint density at radius 3 is 2.04 bits per heavy atom. The molecule has 0 radical (unpaired) electrons. The second-order valence-electron chi connectivity index (χ2n) is 13.6. The molecule has 1 aromatic heterocycles. The third-order valence-electron chi connectivity index (χ3n) is 9.87. The normalized spacial score (nSPS) is 27.3. The molecule has 2 unspecified atom stereocenters. The first kappa shape index (κ1) is 31.4. The van der Waals surface area contributed by atoms with Gasteiger partial charge in [0.15, 0.2) is 0 Å². The quantitative estimate of drug-likeness (QED) is 0.301. The van der Waals surface area contributed by atoms with Gasteiger partial charge in [-0.2, -0.15) is 0 Å². The highest BCUT2D eigenvalue weighted by Crippen LogP contribution is 2.56. The van der Waals surface area contributed by atoms with Crippen molar-refractivity contribution in [3.8, 4) is 5.75 Å². The first-order chi connectivity index (χ1) is 21.2. The van der Waals surface area contributed by atoms with Crippen LogP contribution in [-0.2, 0) is 21.3 Å². The van der Waals surface area contributed by atoms with E-state index in [1.54, 1.807) is 16.0 Å². The number of carboxylic acids is 1. The molecular weight excluding hydrogens is 611 g/mol. The number of urea groups is 1. The van der Waals surface area contributed by atoms with E-state index in [1.807, 2.05) is 75.4 Å². The second kappa shape index (κ2) is 11.0. The van der Waals surface area contributed by atoms with E-state index in [2.05, 4.69) is 20.8 Å². The molecule has 3 aromatic rings. The molecule has 2 fully saturated rings. The summed E-state index contributed by atoms with van der Waals surface area (Å²) in [7, 11) is 0. The average Bonchev–Trinajstić information content (AvgIpc) is 3.39. The molecule has 0 bridgehead atoms. The highest BCUT2D eigenvalue weighted by molar-refractivity contribution is 6.30. The van der Waals surface area contributed by atoms with Crippen LogP contribution in [0.25, 0.3) is 0 Å². The summed E-state index contributed by atoms with van der Waals surface area (Å²) < 4.78 is 6.21. The van der Waals surface area contributed by atoms with Gasteiger partial charge in [0.1, 0.15) is 22.7 Å². The Labute approximate surface area is 274 Å². The zero-order chi connectivity index (χ0) is 32.5. The number of carbonyl (C=O) groups excluding carboxylic acids is 1. The van der Waals surface area contributed by atoms with E-state index in [0.29, 0.717) is 46.9 Å². The molecule has 6 rings (SSSR count). The van der Waals surface area contributed by atoms with Crippen LogP contribution in [0.2, 0.25) is 10.0 Å². The number of hydrogen-bond donors (Lipinski definition) is 1. The van der Waals surface area contributed by atoms with Crippen molar-refractivity contribution in [2.24, 2.45) is 22.7 Å². The molecule has 2 amide bonds. The zero-order valence-corrected chi connectivity index (χ0v) is 27.9. The number of halogens is 2. The Bertz CT molecular complexity index is 1680. The Kier molecular flexibility index (Phi) is 7.68. The van der Waals surface area contributed by atoms with Crippen LogP contribution in [0, 0.1) is 17.8 Å². The number of piperidine rings is 1. The number of carboxylic acid groups (broad SMARTS) is 1. The minimum atomic E-state index is -1.05. The SMILES string of the molecule is CCOc1cc(C(C)(C)C)ncc1C1=N[C@@](C)(c2ccc(Cl)cc2)[C@@](C)(c2ccc(Cl)cc2)N1C(=O)N1CC2C(C(=O)O)[C@H]2C1. The Morgan fingerprint density at radius 1 is 0.978 bits per heavy atom. The molecule has 236 valence electrons. The van der Waals surface area contributed by atoms with Gasteiger partial charge in [-0.05, 0) is 68.0 Å². The number of likely N-dealkylation sites (tertiary alicyclic amines) is 1. The Hall–Kier alpha value is -3.62. The molecule has 8 nitrogen and oxygen atoms in total. The van der Waals surface area contributed by atoms with Crippen molar-refractivity contribution in [2.75, 3.05) is 19.7 Å². The van der Waals surface area contributed by atoms with Gasteiger partial charge in [0.05, 0.1) is 18.1 Å². The summed E-state index contributed by atoms with van der Waals surface area (Å²) in [5.74, 6) is -0.282. The van der Waals surface area contributed by atoms with Gasteiger partial charge in [0, 0.05) is 46.5 Å². The van der Waals surface area contributed by atoms with Crippen LogP contribution < -0.4 is 4.74 Å². The number of aliphatic imine (C=N–C) groups is 1. The van der Waals surface area contributed by atoms with Crippen LogP contribution >= 0.6 is 23.2 Å². The van der Waals surface area contributed by atoms with Gasteiger partial charge in [-0.1, -0.05) is 68.2 Å². The number of aromatic nitrogens is 1. The number of pyridine rings is 1. The van der Waals surface area contributed by atoms with Crippen LogP contribution in [0.3, 0.4) is 0 Å². The molecule has 1 N–H and O–H groups in total. The number of carbonyl (C=O) groups is 2. The zero-order valence-electron chi connectivity index (χ0n) is 26.3. The van der Waals surface area contributed by atoms with Crippen LogP contribution in [0.15, 0.2) is 65.8 Å². The summed E-state index contributed by atoms with van der Waals surface area (Å²) in [6.45, 7) is 13.4.